The Morgan fingerprint density at radius 1 is 1.50 bits per heavy atom. The first-order chi connectivity index (χ1) is 8.61. The Morgan fingerprint density at radius 2 is 2.28 bits per heavy atom. The lowest BCUT2D eigenvalue weighted by atomic mass is 10.1. The zero-order chi connectivity index (χ0) is 13.1. The molecule has 0 fully saturated rings. The summed E-state index contributed by atoms with van der Waals surface area (Å²) >= 11 is 1.81. The van der Waals surface area contributed by atoms with Crippen molar-refractivity contribution in [2.45, 2.75) is 52.6 Å². The molecule has 0 aromatic carbocycles. The van der Waals surface area contributed by atoms with Gasteiger partial charge in [0, 0.05) is 11.3 Å². The highest BCUT2D eigenvalue weighted by atomic mass is 32.2. The lowest BCUT2D eigenvalue weighted by molar-refractivity contribution is 0.391. The Kier molecular flexibility index (Phi) is 4.32. The molecule has 1 aromatic rings. The number of amidine groups is 1. The van der Waals surface area contributed by atoms with Gasteiger partial charge in [-0.3, -0.25) is 4.99 Å². The van der Waals surface area contributed by atoms with Gasteiger partial charge in [-0.05, 0) is 33.6 Å². The molecule has 4 nitrogen and oxygen atoms in total. The number of aliphatic imine (C=N–C) groups is 1. The highest BCUT2D eigenvalue weighted by molar-refractivity contribution is 8.13. The molecule has 0 saturated heterocycles. The van der Waals surface area contributed by atoms with Gasteiger partial charge in [0.25, 0.3) is 0 Å². The van der Waals surface area contributed by atoms with Crippen molar-refractivity contribution in [2.24, 2.45) is 4.99 Å². The average molecular weight is 267 g/mol. The van der Waals surface area contributed by atoms with Crippen LogP contribution < -0.4 is 5.32 Å². The van der Waals surface area contributed by atoms with Crippen LogP contribution in [0, 0.1) is 13.8 Å². The van der Waals surface area contributed by atoms with Crippen LogP contribution in [-0.2, 0) is 0 Å². The molecule has 1 aliphatic rings. The molecule has 5 heteroatoms. The SMILES string of the molecule is CCC1CCSC(NC(C)c2c(C)noc2C)=N1. The maximum Gasteiger partial charge on any atom is 0.157 e. The first-order valence-electron chi connectivity index (χ1n) is 6.51. The van der Waals surface area contributed by atoms with Crippen LogP contribution in [0.1, 0.15) is 49.7 Å². The fraction of sp³-hybridized carbons (Fsp3) is 0.692. The number of hydrogen-bond donors (Lipinski definition) is 1. The minimum absolute atomic E-state index is 0.193. The van der Waals surface area contributed by atoms with Gasteiger partial charge in [0.2, 0.25) is 0 Å². The van der Waals surface area contributed by atoms with E-state index in [0.717, 1.165) is 34.4 Å². The summed E-state index contributed by atoms with van der Waals surface area (Å²) in [5, 5.41) is 8.54. The second-order valence-electron chi connectivity index (χ2n) is 4.74. The van der Waals surface area contributed by atoms with Gasteiger partial charge in [-0.1, -0.05) is 23.8 Å². The van der Waals surface area contributed by atoms with Gasteiger partial charge in [-0.25, -0.2) is 0 Å². The van der Waals surface area contributed by atoms with Crippen LogP contribution in [0.25, 0.3) is 0 Å². The summed E-state index contributed by atoms with van der Waals surface area (Å²) < 4.78 is 5.21. The van der Waals surface area contributed by atoms with Crippen LogP contribution in [0.4, 0.5) is 0 Å². The monoisotopic (exact) mass is 267 g/mol. The highest BCUT2D eigenvalue weighted by Crippen LogP contribution is 2.24. The Bertz CT molecular complexity index is 422. The van der Waals surface area contributed by atoms with E-state index in [-0.39, 0.29) is 6.04 Å². The topological polar surface area (TPSA) is 50.4 Å². The first-order valence-corrected chi connectivity index (χ1v) is 7.50. The summed E-state index contributed by atoms with van der Waals surface area (Å²) in [6.45, 7) is 8.26. The van der Waals surface area contributed by atoms with E-state index in [1.54, 1.807) is 0 Å². The molecule has 2 heterocycles. The highest BCUT2D eigenvalue weighted by Gasteiger charge is 2.20. The minimum atomic E-state index is 0.193. The van der Waals surface area contributed by atoms with Crippen LogP contribution in [0.5, 0.6) is 0 Å². The largest absolute Gasteiger partial charge is 0.361 e. The standard InChI is InChI=1S/C13H21N3OS/c1-5-11-6-7-18-13(15-11)14-8(2)12-9(3)16-17-10(12)4/h8,11H,5-7H2,1-4H3,(H,14,15). The third-order valence-corrected chi connectivity index (χ3v) is 4.26. The van der Waals surface area contributed by atoms with Gasteiger partial charge in [-0.15, -0.1) is 0 Å². The smallest absolute Gasteiger partial charge is 0.157 e. The van der Waals surface area contributed by atoms with E-state index in [9.17, 15) is 0 Å². The Morgan fingerprint density at radius 3 is 2.89 bits per heavy atom. The van der Waals surface area contributed by atoms with E-state index in [2.05, 4.69) is 24.3 Å². The van der Waals surface area contributed by atoms with Gasteiger partial charge in [0.05, 0.1) is 17.8 Å². The van der Waals surface area contributed by atoms with Crippen LogP contribution in [0.2, 0.25) is 0 Å². The minimum Gasteiger partial charge on any atom is -0.361 e. The van der Waals surface area contributed by atoms with Gasteiger partial charge < -0.3 is 9.84 Å². The molecule has 0 bridgehead atoms. The summed E-state index contributed by atoms with van der Waals surface area (Å²) in [6, 6.07) is 0.670. The second-order valence-corrected chi connectivity index (χ2v) is 5.82. The molecule has 0 spiro atoms. The van der Waals surface area contributed by atoms with E-state index in [0.29, 0.717) is 6.04 Å². The van der Waals surface area contributed by atoms with E-state index in [4.69, 9.17) is 9.52 Å². The maximum absolute atomic E-state index is 5.21. The number of aromatic nitrogens is 1. The fourth-order valence-electron chi connectivity index (χ4n) is 2.30. The lowest BCUT2D eigenvalue weighted by Gasteiger charge is -2.22. The summed E-state index contributed by atoms with van der Waals surface area (Å²) in [7, 11) is 0. The second kappa shape index (κ2) is 5.78. The summed E-state index contributed by atoms with van der Waals surface area (Å²) in [5.41, 5.74) is 2.11. The quantitative estimate of drug-likeness (QED) is 0.913. The number of hydrogen-bond acceptors (Lipinski definition) is 5. The van der Waals surface area contributed by atoms with Crippen LogP contribution in [-0.4, -0.2) is 22.1 Å². The molecule has 0 aliphatic carbocycles. The van der Waals surface area contributed by atoms with Crippen LogP contribution in [0.15, 0.2) is 9.52 Å². The van der Waals surface area contributed by atoms with Crippen molar-refractivity contribution < 1.29 is 4.52 Å². The molecular formula is C13H21N3OS. The molecule has 2 unspecified atom stereocenters. The molecule has 2 rings (SSSR count). The number of aryl methyl sites for hydroxylation is 2. The average Bonchev–Trinajstić information content (AvgIpc) is 2.69. The Hall–Kier alpha value is -0.970. The van der Waals surface area contributed by atoms with Crippen LogP contribution in [0.3, 0.4) is 0 Å². The molecular weight excluding hydrogens is 246 g/mol. The summed E-state index contributed by atoms with van der Waals surface area (Å²) in [5.74, 6) is 2.04. The number of rotatable bonds is 3. The van der Waals surface area contributed by atoms with Crippen molar-refractivity contribution in [1.29, 1.82) is 0 Å². The third kappa shape index (κ3) is 2.88. The predicted octanol–water partition coefficient (Wildman–Crippen LogP) is 3.21. The number of nitrogens with zero attached hydrogens (tertiary/aromatic N) is 2. The van der Waals surface area contributed by atoms with E-state index >= 15 is 0 Å². The molecule has 1 aromatic heterocycles. The zero-order valence-electron chi connectivity index (χ0n) is 11.5. The van der Waals surface area contributed by atoms with Gasteiger partial charge in [0.1, 0.15) is 5.76 Å². The fourth-order valence-corrected chi connectivity index (χ4v) is 3.37. The van der Waals surface area contributed by atoms with E-state index < -0.39 is 0 Å². The molecule has 1 N–H and O–H groups in total. The molecule has 2 atom stereocenters. The van der Waals surface area contributed by atoms with Crippen molar-refractivity contribution in [3.05, 3.63) is 17.0 Å². The Balaban J connectivity index is 2.07. The molecule has 0 radical (unpaired) electrons. The van der Waals surface area contributed by atoms with Crippen LogP contribution >= 0.6 is 11.8 Å². The predicted molar refractivity (Wildman–Crippen MR) is 76.1 cm³/mol. The van der Waals surface area contributed by atoms with Crippen molar-refractivity contribution in [3.8, 4) is 0 Å². The first kappa shape index (κ1) is 13.5. The lowest BCUT2D eigenvalue weighted by Crippen LogP contribution is -2.29. The third-order valence-electron chi connectivity index (χ3n) is 3.32. The zero-order valence-corrected chi connectivity index (χ0v) is 12.3. The Labute approximate surface area is 113 Å². The van der Waals surface area contributed by atoms with Crippen molar-refractivity contribution in [2.75, 3.05) is 5.75 Å². The van der Waals surface area contributed by atoms with Gasteiger partial charge >= 0.3 is 0 Å². The molecule has 0 saturated carbocycles. The van der Waals surface area contributed by atoms with E-state index in [1.165, 1.54) is 6.42 Å². The van der Waals surface area contributed by atoms with Crippen molar-refractivity contribution in [1.82, 2.24) is 10.5 Å². The summed E-state index contributed by atoms with van der Waals surface area (Å²) in [6.07, 6.45) is 2.30. The normalized spacial score (nSPS) is 21.6. The maximum atomic E-state index is 5.21. The van der Waals surface area contributed by atoms with Gasteiger partial charge in [0.15, 0.2) is 5.17 Å². The van der Waals surface area contributed by atoms with E-state index in [1.807, 2.05) is 25.6 Å². The molecule has 100 valence electrons. The molecule has 18 heavy (non-hydrogen) atoms. The van der Waals surface area contributed by atoms with Gasteiger partial charge in [-0.2, -0.15) is 0 Å². The summed E-state index contributed by atoms with van der Waals surface area (Å²) in [4.78, 5) is 4.73. The molecule has 1 aliphatic heterocycles. The van der Waals surface area contributed by atoms with Crippen molar-refractivity contribution in [3.63, 3.8) is 0 Å². The van der Waals surface area contributed by atoms with Crippen molar-refractivity contribution >= 4 is 16.9 Å². The number of nitrogens with one attached hydrogen (secondary N) is 1. The molecule has 0 amide bonds. The number of thioether (sulfide) groups is 1.